The van der Waals surface area contributed by atoms with E-state index in [2.05, 4.69) is 15.0 Å². The molecule has 0 saturated heterocycles. The molecule has 2 N–H and O–H groups in total. The summed E-state index contributed by atoms with van der Waals surface area (Å²) in [5.41, 5.74) is 1.30. The van der Waals surface area contributed by atoms with E-state index in [9.17, 15) is 13.2 Å². The zero-order valence-electron chi connectivity index (χ0n) is 13.8. The van der Waals surface area contributed by atoms with Crippen LogP contribution in [0.2, 0.25) is 0 Å². The Hall–Kier alpha value is -2.93. The molecule has 0 radical (unpaired) electrons. The fourth-order valence-electron chi connectivity index (χ4n) is 2.69. The summed E-state index contributed by atoms with van der Waals surface area (Å²) in [7, 11) is -3.84. The Morgan fingerprint density at radius 1 is 1.04 bits per heavy atom. The largest absolute Gasteiger partial charge is 0.349 e. The van der Waals surface area contributed by atoms with Gasteiger partial charge in [-0.05, 0) is 43.2 Å². The lowest BCUT2D eigenvalue weighted by molar-refractivity contribution is 0.0951. The number of nitrogens with one attached hydrogen (secondary N) is 2. The first-order chi connectivity index (χ1) is 12.5. The third-order valence-electron chi connectivity index (χ3n) is 4.20. The zero-order valence-corrected chi connectivity index (χ0v) is 14.7. The van der Waals surface area contributed by atoms with Gasteiger partial charge in [0.1, 0.15) is 0 Å². The Labute approximate surface area is 151 Å². The van der Waals surface area contributed by atoms with Crippen molar-refractivity contribution in [3.05, 3.63) is 66.4 Å². The summed E-state index contributed by atoms with van der Waals surface area (Å²) in [5, 5.41) is 3.70. The number of sulfonamides is 1. The maximum atomic E-state index is 12.8. The van der Waals surface area contributed by atoms with E-state index in [0.717, 1.165) is 18.2 Å². The molecule has 0 aliphatic heterocycles. The van der Waals surface area contributed by atoms with Crippen LogP contribution < -0.4 is 10.0 Å². The normalized spacial score (nSPS) is 14.2. The van der Waals surface area contributed by atoms with Crippen molar-refractivity contribution in [2.75, 3.05) is 4.72 Å². The second kappa shape index (κ2) is 6.42. The summed E-state index contributed by atoms with van der Waals surface area (Å²) < 4.78 is 28.1. The van der Waals surface area contributed by atoms with Crippen LogP contribution in [0.15, 0.2) is 65.7 Å². The molecule has 6 nitrogen and oxygen atoms in total. The number of para-hydroxylation sites is 1. The number of rotatable bonds is 5. The molecule has 1 aliphatic rings. The number of amides is 1. The van der Waals surface area contributed by atoms with Gasteiger partial charge in [-0.25, -0.2) is 8.42 Å². The van der Waals surface area contributed by atoms with Crippen LogP contribution in [-0.2, 0) is 10.0 Å². The van der Waals surface area contributed by atoms with E-state index in [1.165, 1.54) is 12.1 Å². The van der Waals surface area contributed by atoms with Crippen molar-refractivity contribution >= 4 is 32.5 Å². The van der Waals surface area contributed by atoms with Gasteiger partial charge in [0.15, 0.2) is 0 Å². The predicted molar refractivity (Wildman–Crippen MR) is 99.5 cm³/mol. The van der Waals surface area contributed by atoms with Crippen LogP contribution in [0.1, 0.15) is 23.2 Å². The Bertz CT molecular complexity index is 1090. The molecule has 3 aromatic rings. The minimum absolute atomic E-state index is 0.0360. The van der Waals surface area contributed by atoms with Crippen molar-refractivity contribution in [3.63, 3.8) is 0 Å². The van der Waals surface area contributed by atoms with Crippen LogP contribution in [0.4, 0.5) is 5.69 Å². The Kier molecular flexibility index (Phi) is 4.08. The van der Waals surface area contributed by atoms with E-state index in [1.807, 2.05) is 12.1 Å². The van der Waals surface area contributed by atoms with E-state index in [1.54, 1.807) is 36.5 Å². The molecule has 0 bridgehead atoms. The van der Waals surface area contributed by atoms with E-state index < -0.39 is 10.0 Å². The van der Waals surface area contributed by atoms with Crippen molar-refractivity contribution in [3.8, 4) is 0 Å². The van der Waals surface area contributed by atoms with Crippen LogP contribution >= 0.6 is 0 Å². The topological polar surface area (TPSA) is 88.2 Å². The number of nitrogens with zero attached hydrogens (tertiary/aromatic N) is 1. The number of hydrogen-bond donors (Lipinski definition) is 2. The number of pyridine rings is 1. The number of aromatic nitrogens is 1. The first-order valence-electron chi connectivity index (χ1n) is 8.30. The van der Waals surface area contributed by atoms with Crippen molar-refractivity contribution in [2.45, 2.75) is 23.8 Å². The van der Waals surface area contributed by atoms with E-state index in [4.69, 9.17) is 0 Å². The zero-order chi connectivity index (χ0) is 18.1. The summed E-state index contributed by atoms with van der Waals surface area (Å²) in [4.78, 5) is 16.5. The highest BCUT2D eigenvalue weighted by Gasteiger charge is 2.24. The molecule has 1 heterocycles. The van der Waals surface area contributed by atoms with Gasteiger partial charge >= 0.3 is 0 Å². The number of carbonyl (C=O) groups excluding carboxylic acids is 1. The molecule has 1 fully saturated rings. The molecule has 0 spiro atoms. The standard InChI is InChI=1S/C19H17N3O3S/c23-19(21-15-9-10-15)14-5-1-7-16(12-14)26(24,25)22-17-8-2-4-13-6-3-11-20-18(13)17/h1-8,11-12,15,22H,9-10H2,(H,21,23). The van der Waals surface area contributed by atoms with Gasteiger partial charge in [-0.1, -0.05) is 24.3 Å². The summed E-state index contributed by atoms with van der Waals surface area (Å²) in [6.07, 6.45) is 3.56. The molecule has 2 aromatic carbocycles. The average molecular weight is 367 g/mol. The number of fused-ring (bicyclic) bond motifs is 1. The fraction of sp³-hybridized carbons (Fsp3) is 0.158. The smallest absolute Gasteiger partial charge is 0.261 e. The Balaban J connectivity index is 1.65. The molecular formula is C19H17N3O3S. The summed E-state index contributed by atoms with van der Waals surface area (Å²) in [6.45, 7) is 0. The maximum Gasteiger partial charge on any atom is 0.261 e. The number of carbonyl (C=O) groups is 1. The average Bonchev–Trinajstić information content (AvgIpc) is 3.46. The van der Waals surface area contributed by atoms with Crippen molar-refractivity contribution in [1.29, 1.82) is 0 Å². The van der Waals surface area contributed by atoms with Gasteiger partial charge in [-0.2, -0.15) is 0 Å². The highest BCUT2D eigenvalue weighted by Crippen LogP contribution is 2.24. The molecule has 0 atom stereocenters. The molecule has 1 amide bonds. The SMILES string of the molecule is O=C(NC1CC1)c1cccc(S(=O)(=O)Nc2cccc3cccnc23)c1. The second-order valence-corrected chi connectivity index (χ2v) is 7.94. The van der Waals surface area contributed by atoms with Crippen molar-refractivity contribution in [2.24, 2.45) is 0 Å². The first kappa shape index (κ1) is 16.5. The van der Waals surface area contributed by atoms with E-state index in [0.29, 0.717) is 16.8 Å². The molecule has 7 heteroatoms. The molecule has 1 saturated carbocycles. The monoisotopic (exact) mass is 367 g/mol. The Morgan fingerprint density at radius 2 is 1.81 bits per heavy atom. The first-order valence-corrected chi connectivity index (χ1v) is 9.79. The highest BCUT2D eigenvalue weighted by atomic mass is 32.2. The van der Waals surface area contributed by atoms with Gasteiger partial charge < -0.3 is 5.32 Å². The molecule has 4 rings (SSSR count). The van der Waals surface area contributed by atoms with E-state index >= 15 is 0 Å². The predicted octanol–water partition coefficient (Wildman–Crippen LogP) is 2.93. The number of benzene rings is 2. The molecule has 26 heavy (non-hydrogen) atoms. The second-order valence-electron chi connectivity index (χ2n) is 6.26. The molecule has 132 valence electrons. The van der Waals surface area contributed by atoms with Crippen LogP contribution in [0.25, 0.3) is 10.9 Å². The quantitative estimate of drug-likeness (QED) is 0.726. The fourth-order valence-corrected chi connectivity index (χ4v) is 3.80. The van der Waals surface area contributed by atoms with Crippen molar-refractivity contribution < 1.29 is 13.2 Å². The van der Waals surface area contributed by atoms with Gasteiger partial charge in [0, 0.05) is 23.2 Å². The van der Waals surface area contributed by atoms with Gasteiger partial charge in [0.2, 0.25) is 0 Å². The molecule has 1 aliphatic carbocycles. The van der Waals surface area contributed by atoms with Gasteiger partial charge in [-0.15, -0.1) is 0 Å². The third-order valence-corrected chi connectivity index (χ3v) is 5.56. The number of hydrogen-bond acceptors (Lipinski definition) is 4. The molecule has 1 aromatic heterocycles. The number of anilines is 1. The van der Waals surface area contributed by atoms with Crippen LogP contribution in [0.3, 0.4) is 0 Å². The summed E-state index contributed by atoms with van der Waals surface area (Å²) >= 11 is 0. The summed E-state index contributed by atoms with van der Waals surface area (Å²) in [6, 6.07) is 15.2. The highest BCUT2D eigenvalue weighted by molar-refractivity contribution is 7.92. The van der Waals surface area contributed by atoms with Crippen LogP contribution in [0.5, 0.6) is 0 Å². The maximum absolute atomic E-state index is 12.8. The van der Waals surface area contributed by atoms with Crippen LogP contribution in [0, 0.1) is 0 Å². The van der Waals surface area contributed by atoms with Gasteiger partial charge in [0.25, 0.3) is 15.9 Å². The lowest BCUT2D eigenvalue weighted by Crippen LogP contribution is -2.25. The van der Waals surface area contributed by atoms with Gasteiger partial charge in [-0.3, -0.25) is 14.5 Å². The lowest BCUT2D eigenvalue weighted by Gasteiger charge is -2.11. The Morgan fingerprint density at radius 3 is 2.62 bits per heavy atom. The van der Waals surface area contributed by atoms with E-state index in [-0.39, 0.29) is 16.8 Å². The van der Waals surface area contributed by atoms with Crippen molar-refractivity contribution in [1.82, 2.24) is 10.3 Å². The van der Waals surface area contributed by atoms with Crippen LogP contribution in [-0.4, -0.2) is 25.4 Å². The minimum Gasteiger partial charge on any atom is -0.349 e. The third kappa shape index (κ3) is 3.39. The lowest BCUT2D eigenvalue weighted by atomic mass is 10.2. The molecular weight excluding hydrogens is 350 g/mol. The minimum atomic E-state index is -3.84. The summed E-state index contributed by atoms with van der Waals surface area (Å²) in [5.74, 6) is -0.253. The molecule has 0 unspecified atom stereocenters. The van der Waals surface area contributed by atoms with Gasteiger partial charge in [0.05, 0.1) is 16.1 Å².